The standard InChI is InChI=1S/C23H23N3O2/c1-3-16(2)22(28)19-6-4-5-18(15-19)21-12-14-25-23(26-21)24-13-11-17-7-9-20(27)10-8-17/h4-10,12,14-15,27H,2-3,11,13H2,1H3,(H,24,25,26). The van der Waals surface area contributed by atoms with Gasteiger partial charge in [-0.05, 0) is 48.2 Å². The molecule has 3 rings (SSSR count). The molecule has 0 amide bonds. The molecular weight excluding hydrogens is 350 g/mol. The molecule has 0 saturated carbocycles. The summed E-state index contributed by atoms with van der Waals surface area (Å²) in [7, 11) is 0. The maximum atomic E-state index is 12.4. The van der Waals surface area contributed by atoms with Gasteiger partial charge in [0.2, 0.25) is 5.95 Å². The van der Waals surface area contributed by atoms with E-state index in [0.717, 1.165) is 23.2 Å². The number of aromatic hydroxyl groups is 1. The van der Waals surface area contributed by atoms with Gasteiger partial charge in [-0.3, -0.25) is 4.79 Å². The molecule has 2 N–H and O–H groups in total. The number of phenolic OH excluding ortho intramolecular Hbond substituents is 1. The van der Waals surface area contributed by atoms with Crippen LogP contribution in [0.1, 0.15) is 29.3 Å². The third-order valence-corrected chi connectivity index (χ3v) is 4.46. The van der Waals surface area contributed by atoms with Crippen LogP contribution in [0.25, 0.3) is 11.3 Å². The Kier molecular flexibility index (Phi) is 6.17. The highest BCUT2D eigenvalue weighted by Crippen LogP contribution is 2.21. The number of Topliss-reactive ketones (excluding diaryl/α,β-unsaturated/α-hetero) is 1. The monoisotopic (exact) mass is 373 g/mol. The summed E-state index contributed by atoms with van der Waals surface area (Å²) in [6.07, 6.45) is 3.12. The molecule has 1 aromatic heterocycles. The van der Waals surface area contributed by atoms with Crippen molar-refractivity contribution in [3.05, 3.63) is 84.1 Å². The molecular formula is C23H23N3O2. The number of rotatable bonds is 8. The molecule has 0 unspecified atom stereocenters. The van der Waals surface area contributed by atoms with Crippen LogP contribution in [0.2, 0.25) is 0 Å². The maximum Gasteiger partial charge on any atom is 0.223 e. The number of nitrogens with one attached hydrogen (secondary N) is 1. The first-order valence-corrected chi connectivity index (χ1v) is 9.24. The minimum Gasteiger partial charge on any atom is -0.508 e. The molecule has 0 saturated heterocycles. The van der Waals surface area contributed by atoms with Crippen LogP contribution in [0.4, 0.5) is 5.95 Å². The Balaban J connectivity index is 1.70. The van der Waals surface area contributed by atoms with Crippen molar-refractivity contribution in [2.24, 2.45) is 0 Å². The normalized spacial score (nSPS) is 10.5. The van der Waals surface area contributed by atoms with Gasteiger partial charge in [0.05, 0.1) is 5.69 Å². The van der Waals surface area contributed by atoms with Crippen LogP contribution in [0, 0.1) is 0 Å². The summed E-state index contributed by atoms with van der Waals surface area (Å²) in [4.78, 5) is 21.2. The number of carbonyl (C=O) groups is 1. The van der Waals surface area contributed by atoms with Crippen LogP contribution >= 0.6 is 0 Å². The smallest absolute Gasteiger partial charge is 0.223 e. The molecule has 28 heavy (non-hydrogen) atoms. The molecule has 142 valence electrons. The largest absolute Gasteiger partial charge is 0.508 e. The second-order valence-electron chi connectivity index (χ2n) is 6.48. The number of allylic oxidation sites excluding steroid dienone is 1. The lowest BCUT2D eigenvalue weighted by Gasteiger charge is -2.08. The lowest BCUT2D eigenvalue weighted by Crippen LogP contribution is -2.08. The fourth-order valence-electron chi connectivity index (χ4n) is 2.77. The summed E-state index contributed by atoms with van der Waals surface area (Å²) in [6, 6.07) is 16.4. The Bertz CT molecular complexity index is 981. The first kappa shape index (κ1) is 19.3. The lowest BCUT2D eigenvalue weighted by atomic mass is 10.00. The number of hydrogen-bond donors (Lipinski definition) is 2. The Morgan fingerprint density at radius 2 is 1.93 bits per heavy atom. The average molecular weight is 373 g/mol. The number of anilines is 1. The summed E-state index contributed by atoms with van der Waals surface area (Å²) in [6.45, 7) is 6.42. The van der Waals surface area contributed by atoms with Crippen LogP contribution in [-0.2, 0) is 6.42 Å². The molecule has 0 spiro atoms. The van der Waals surface area contributed by atoms with E-state index in [9.17, 15) is 9.90 Å². The molecule has 0 fully saturated rings. The molecule has 3 aromatic rings. The van der Waals surface area contributed by atoms with Crippen LogP contribution < -0.4 is 5.32 Å². The van der Waals surface area contributed by atoms with Gasteiger partial charge in [0.25, 0.3) is 0 Å². The SMILES string of the molecule is C=C(CC)C(=O)c1cccc(-c2ccnc(NCCc3ccc(O)cc3)n2)c1. The first-order chi connectivity index (χ1) is 13.6. The first-order valence-electron chi connectivity index (χ1n) is 9.24. The summed E-state index contributed by atoms with van der Waals surface area (Å²) in [5.74, 6) is 0.757. The van der Waals surface area contributed by atoms with Crippen molar-refractivity contribution in [1.82, 2.24) is 9.97 Å². The zero-order chi connectivity index (χ0) is 19.9. The van der Waals surface area contributed by atoms with Crippen molar-refractivity contribution in [3.63, 3.8) is 0 Å². The van der Waals surface area contributed by atoms with Crippen molar-refractivity contribution >= 4 is 11.7 Å². The van der Waals surface area contributed by atoms with Crippen molar-refractivity contribution < 1.29 is 9.90 Å². The number of nitrogens with zero attached hydrogens (tertiary/aromatic N) is 2. The zero-order valence-electron chi connectivity index (χ0n) is 15.9. The number of benzene rings is 2. The van der Waals surface area contributed by atoms with E-state index < -0.39 is 0 Å². The third kappa shape index (κ3) is 4.82. The summed E-state index contributed by atoms with van der Waals surface area (Å²) in [5.41, 5.74) is 3.93. The van der Waals surface area contributed by atoms with Gasteiger partial charge in [0.15, 0.2) is 5.78 Å². The number of aromatic nitrogens is 2. The predicted octanol–water partition coefficient (Wildman–Crippen LogP) is 4.65. The Morgan fingerprint density at radius 1 is 1.14 bits per heavy atom. The van der Waals surface area contributed by atoms with E-state index in [1.165, 1.54) is 0 Å². The third-order valence-electron chi connectivity index (χ3n) is 4.46. The van der Waals surface area contributed by atoms with Gasteiger partial charge in [-0.15, -0.1) is 0 Å². The molecule has 0 aliphatic carbocycles. The molecule has 0 radical (unpaired) electrons. The lowest BCUT2D eigenvalue weighted by molar-refractivity contribution is 0.103. The van der Waals surface area contributed by atoms with Crippen molar-refractivity contribution in [2.45, 2.75) is 19.8 Å². The quantitative estimate of drug-likeness (QED) is 0.444. The molecule has 1 heterocycles. The summed E-state index contributed by atoms with van der Waals surface area (Å²) >= 11 is 0. The van der Waals surface area contributed by atoms with E-state index in [2.05, 4.69) is 21.9 Å². The minimum atomic E-state index is -0.0364. The van der Waals surface area contributed by atoms with Crippen LogP contribution in [0.15, 0.2) is 72.9 Å². The fourth-order valence-corrected chi connectivity index (χ4v) is 2.77. The number of ketones is 1. The van der Waals surface area contributed by atoms with E-state index in [4.69, 9.17) is 0 Å². The molecule has 0 aliphatic heterocycles. The Labute approximate surface area is 164 Å². The Hall–Kier alpha value is -3.47. The van der Waals surface area contributed by atoms with Crippen LogP contribution in [-0.4, -0.2) is 27.4 Å². The van der Waals surface area contributed by atoms with Gasteiger partial charge >= 0.3 is 0 Å². The average Bonchev–Trinajstić information content (AvgIpc) is 2.74. The van der Waals surface area contributed by atoms with Gasteiger partial charge in [0.1, 0.15) is 5.75 Å². The van der Waals surface area contributed by atoms with Gasteiger partial charge in [-0.2, -0.15) is 0 Å². The predicted molar refractivity (Wildman–Crippen MR) is 112 cm³/mol. The van der Waals surface area contributed by atoms with Crippen molar-refractivity contribution in [1.29, 1.82) is 0 Å². The molecule has 5 nitrogen and oxygen atoms in total. The van der Waals surface area contributed by atoms with Gasteiger partial charge < -0.3 is 10.4 Å². The molecule has 0 bridgehead atoms. The highest BCUT2D eigenvalue weighted by Gasteiger charge is 2.10. The topological polar surface area (TPSA) is 75.1 Å². The van der Waals surface area contributed by atoms with Crippen LogP contribution in [0.3, 0.4) is 0 Å². The molecule has 0 aliphatic rings. The molecule has 2 aromatic carbocycles. The van der Waals surface area contributed by atoms with Gasteiger partial charge in [-0.1, -0.05) is 43.8 Å². The number of phenols is 1. The molecule has 0 atom stereocenters. The second kappa shape index (κ2) is 8.95. The van der Waals surface area contributed by atoms with Gasteiger partial charge in [-0.25, -0.2) is 9.97 Å². The number of carbonyl (C=O) groups excluding carboxylic acids is 1. The van der Waals surface area contributed by atoms with Crippen molar-refractivity contribution in [2.75, 3.05) is 11.9 Å². The van der Waals surface area contributed by atoms with E-state index >= 15 is 0 Å². The zero-order valence-corrected chi connectivity index (χ0v) is 15.9. The van der Waals surface area contributed by atoms with Crippen LogP contribution in [0.5, 0.6) is 5.75 Å². The molecule has 5 heteroatoms. The van der Waals surface area contributed by atoms with Gasteiger partial charge in [0, 0.05) is 23.9 Å². The highest BCUT2D eigenvalue weighted by molar-refractivity contribution is 6.08. The number of hydrogen-bond acceptors (Lipinski definition) is 5. The van der Waals surface area contributed by atoms with E-state index in [1.54, 1.807) is 24.4 Å². The Morgan fingerprint density at radius 3 is 2.68 bits per heavy atom. The summed E-state index contributed by atoms with van der Waals surface area (Å²) in [5, 5.41) is 12.6. The highest BCUT2D eigenvalue weighted by atomic mass is 16.3. The fraction of sp³-hybridized carbons (Fsp3) is 0.174. The van der Waals surface area contributed by atoms with Crippen molar-refractivity contribution in [3.8, 4) is 17.0 Å². The second-order valence-corrected chi connectivity index (χ2v) is 6.48. The van der Waals surface area contributed by atoms with E-state index in [0.29, 0.717) is 30.1 Å². The minimum absolute atomic E-state index is 0.0364. The van der Waals surface area contributed by atoms with E-state index in [1.807, 2.05) is 43.3 Å². The summed E-state index contributed by atoms with van der Waals surface area (Å²) < 4.78 is 0. The maximum absolute atomic E-state index is 12.4. The van der Waals surface area contributed by atoms with E-state index in [-0.39, 0.29) is 11.5 Å².